The van der Waals surface area contributed by atoms with Gasteiger partial charge in [0, 0.05) is 24.0 Å². The van der Waals surface area contributed by atoms with E-state index >= 15 is 0 Å². The number of halogens is 2. The van der Waals surface area contributed by atoms with Crippen LogP contribution in [0.2, 0.25) is 10.0 Å². The van der Waals surface area contributed by atoms with Gasteiger partial charge in [0.25, 0.3) is 0 Å². The number of rotatable bonds is 4. The molecular formula is C21H26Cl2N4OS. The SMILES string of the molecule is Cc1nc(N2CCC3(CCC[C@H]3N)CC2)c(CO)nc1Sc1cccc(Cl)c1Cl. The standard InChI is InChI=1S/C21H26Cl2N4OS/c1-13-20(29-16-5-2-4-14(22)18(16)23)26-15(12-28)19(25-13)27-10-8-21(9-11-27)7-3-6-17(21)24/h2,4-5,17,28H,3,6-12,24H2,1H3/t17-/m1/s1. The molecule has 29 heavy (non-hydrogen) atoms. The number of hydrogen-bond acceptors (Lipinski definition) is 6. The molecule has 2 aliphatic rings. The van der Waals surface area contributed by atoms with Gasteiger partial charge in [-0.2, -0.15) is 0 Å². The molecule has 1 spiro atoms. The summed E-state index contributed by atoms with van der Waals surface area (Å²) < 4.78 is 0. The Morgan fingerprint density at radius 3 is 2.66 bits per heavy atom. The summed E-state index contributed by atoms with van der Waals surface area (Å²) >= 11 is 13.9. The number of hydrogen-bond donors (Lipinski definition) is 2. The second kappa shape index (κ2) is 8.60. The number of nitrogens with zero attached hydrogens (tertiary/aromatic N) is 3. The van der Waals surface area contributed by atoms with Crippen molar-refractivity contribution in [2.75, 3.05) is 18.0 Å². The lowest BCUT2D eigenvalue weighted by Crippen LogP contribution is -2.47. The largest absolute Gasteiger partial charge is 0.390 e. The highest BCUT2D eigenvalue weighted by Gasteiger charge is 2.43. The number of nitrogens with two attached hydrogens (primary N) is 1. The molecule has 156 valence electrons. The molecular weight excluding hydrogens is 427 g/mol. The van der Waals surface area contributed by atoms with Crippen molar-refractivity contribution in [1.29, 1.82) is 0 Å². The zero-order valence-electron chi connectivity index (χ0n) is 16.5. The lowest BCUT2D eigenvalue weighted by Gasteiger charge is -2.42. The van der Waals surface area contributed by atoms with Gasteiger partial charge in [-0.1, -0.05) is 47.5 Å². The molecule has 0 unspecified atom stereocenters. The number of aliphatic hydroxyl groups excluding tert-OH is 1. The van der Waals surface area contributed by atoms with Crippen LogP contribution in [0.15, 0.2) is 28.1 Å². The Kier molecular flexibility index (Phi) is 6.28. The summed E-state index contributed by atoms with van der Waals surface area (Å²) in [6, 6.07) is 5.84. The van der Waals surface area contributed by atoms with Crippen LogP contribution in [0.1, 0.15) is 43.5 Å². The first kappa shape index (κ1) is 21.2. The summed E-state index contributed by atoms with van der Waals surface area (Å²) in [5, 5.41) is 11.7. The van der Waals surface area contributed by atoms with E-state index in [1.807, 2.05) is 19.1 Å². The predicted octanol–water partition coefficient (Wildman–Crippen LogP) is 4.83. The molecule has 5 nitrogen and oxygen atoms in total. The van der Waals surface area contributed by atoms with Crippen molar-refractivity contribution >= 4 is 40.8 Å². The van der Waals surface area contributed by atoms with Gasteiger partial charge in [0.15, 0.2) is 5.82 Å². The van der Waals surface area contributed by atoms with Crippen LogP contribution in [0.5, 0.6) is 0 Å². The second-order valence-corrected chi connectivity index (χ2v) is 9.86. The van der Waals surface area contributed by atoms with Crippen molar-refractivity contribution in [3.05, 3.63) is 39.6 Å². The van der Waals surface area contributed by atoms with Crippen LogP contribution in [-0.2, 0) is 6.61 Å². The van der Waals surface area contributed by atoms with Gasteiger partial charge >= 0.3 is 0 Å². The number of aryl methyl sites for hydroxylation is 1. The number of aromatic nitrogens is 2. The molecule has 0 bridgehead atoms. The second-order valence-electron chi connectivity index (χ2n) is 8.04. The summed E-state index contributed by atoms with van der Waals surface area (Å²) in [5.74, 6) is 0.785. The van der Waals surface area contributed by atoms with E-state index in [9.17, 15) is 5.11 Å². The molecule has 1 aromatic carbocycles. The fourth-order valence-electron chi connectivity index (χ4n) is 4.60. The Balaban J connectivity index is 1.56. The molecule has 2 fully saturated rings. The zero-order chi connectivity index (χ0) is 20.6. The molecule has 8 heteroatoms. The monoisotopic (exact) mass is 452 g/mol. The van der Waals surface area contributed by atoms with Crippen LogP contribution in [0.25, 0.3) is 0 Å². The average molecular weight is 453 g/mol. The average Bonchev–Trinajstić information content (AvgIpc) is 3.07. The normalized spacial score (nSPS) is 21.1. The lowest BCUT2D eigenvalue weighted by atomic mass is 9.74. The van der Waals surface area contributed by atoms with Crippen molar-refractivity contribution in [3.63, 3.8) is 0 Å². The van der Waals surface area contributed by atoms with Crippen LogP contribution >= 0.6 is 35.0 Å². The Morgan fingerprint density at radius 1 is 1.24 bits per heavy atom. The van der Waals surface area contributed by atoms with E-state index in [4.69, 9.17) is 38.9 Å². The van der Waals surface area contributed by atoms with Crippen molar-refractivity contribution < 1.29 is 5.11 Å². The van der Waals surface area contributed by atoms with Gasteiger partial charge in [0.05, 0.1) is 22.3 Å². The summed E-state index contributed by atoms with van der Waals surface area (Å²) in [6.45, 7) is 3.60. The fraction of sp³-hybridized carbons (Fsp3) is 0.524. The number of aliphatic hydroxyl groups is 1. The summed E-state index contributed by atoms with van der Waals surface area (Å²) in [4.78, 5) is 12.6. The van der Waals surface area contributed by atoms with Crippen LogP contribution in [0.4, 0.5) is 5.82 Å². The Labute approximate surface area is 186 Å². The van der Waals surface area contributed by atoms with E-state index in [-0.39, 0.29) is 12.0 Å². The third kappa shape index (κ3) is 4.10. The molecule has 0 amide bonds. The van der Waals surface area contributed by atoms with Gasteiger partial charge < -0.3 is 15.7 Å². The fourth-order valence-corrected chi connectivity index (χ4v) is 5.97. The van der Waals surface area contributed by atoms with Crippen molar-refractivity contribution in [1.82, 2.24) is 9.97 Å². The summed E-state index contributed by atoms with van der Waals surface area (Å²) in [6.07, 6.45) is 5.76. The predicted molar refractivity (Wildman–Crippen MR) is 119 cm³/mol. The molecule has 3 N–H and O–H groups in total. The third-order valence-electron chi connectivity index (χ3n) is 6.39. The molecule has 0 radical (unpaired) electrons. The Bertz CT molecular complexity index is 902. The van der Waals surface area contributed by atoms with Gasteiger partial charge in [-0.25, -0.2) is 9.97 Å². The highest BCUT2D eigenvalue weighted by Crippen LogP contribution is 2.46. The highest BCUT2D eigenvalue weighted by molar-refractivity contribution is 7.99. The lowest BCUT2D eigenvalue weighted by molar-refractivity contribution is 0.196. The Hall–Kier alpha value is -1.05. The maximum absolute atomic E-state index is 9.97. The number of piperidine rings is 1. The summed E-state index contributed by atoms with van der Waals surface area (Å²) in [5.41, 5.74) is 8.12. The van der Waals surface area contributed by atoms with Gasteiger partial charge in [0.1, 0.15) is 10.7 Å². The topological polar surface area (TPSA) is 75.3 Å². The van der Waals surface area contributed by atoms with E-state index in [1.54, 1.807) is 6.07 Å². The smallest absolute Gasteiger partial charge is 0.153 e. The molecule has 4 rings (SSSR count). The molecule has 2 heterocycles. The molecule has 1 atom stereocenters. The minimum Gasteiger partial charge on any atom is -0.390 e. The first-order chi connectivity index (χ1) is 13.9. The van der Waals surface area contributed by atoms with Gasteiger partial charge in [0.2, 0.25) is 0 Å². The van der Waals surface area contributed by atoms with Crippen LogP contribution < -0.4 is 10.6 Å². The van der Waals surface area contributed by atoms with Crippen LogP contribution in [0.3, 0.4) is 0 Å². The zero-order valence-corrected chi connectivity index (χ0v) is 18.8. The van der Waals surface area contributed by atoms with Crippen molar-refractivity contribution in [3.8, 4) is 0 Å². The van der Waals surface area contributed by atoms with E-state index in [1.165, 1.54) is 24.6 Å². The number of anilines is 1. The molecule has 2 aromatic rings. The molecule has 1 aliphatic heterocycles. The maximum Gasteiger partial charge on any atom is 0.153 e. The first-order valence-electron chi connectivity index (χ1n) is 10.0. The van der Waals surface area contributed by atoms with Crippen LogP contribution in [0, 0.1) is 12.3 Å². The van der Waals surface area contributed by atoms with Gasteiger partial charge in [-0.15, -0.1) is 0 Å². The molecule has 1 aromatic heterocycles. The van der Waals surface area contributed by atoms with E-state index in [0.717, 1.165) is 53.8 Å². The Morgan fingerprint density at radius 2 is 2.00 bits per heavy atom. The molecule has 1 saturated heterocycles. The summed E-state index contributed by atoms with van der Waals surface area (Å²) in [7, 11) is 0. The first-order valence-corrected chi connectivity index (χ1v) is 11.6. The maximum atomic E-state index is 9.97. The minimum atomic E-state index is -0.152. The number of benzene rings is 1. The van der Waals surface area contributed by atoms with Crippen molar-refractivity contribution in [2.45, 2.75) is 61.6 Å². The quantitative estimate of drug-likeness (QED) is 0.691. The van der Waals surface area contributed by atoms with Crippen molar-refractivity contribution in [2.24, 2.45) is 11.1 Å². The highest BCUT2D eigenvalue weighted by atomic mass is 35.5. The van der Waals surface area contributed by atoms with Gasteiger partial charge in [-0.05, 0) is 50.2 Å². The van der Waals surface area contributed by atoms with Gasteiger partial charge in [-0.3, -0.25) is 0 Å². The van der Waals surface area contributed by atoms with E-state index < -0.39 is 0 Å². The molecule has 1 saturated carbocycles. The third-order valence-corrected chi connectivity index (χ3v) is 8.46. The molecule has 1 aliphatic carbocycles. The van der Waals surface area contributed by atoms with Crippen LogP contribution in [-0.4, -0.2) is 34.2 Å². The minimum absolute atomic E-state index is 0.152. The van der Waals surface area contributed by atoms with E-state index in [2.05, 4.69) is 4.90 Å². The van der Waals surface area contributed by atoms with E-state index in [0.29, 0.717) is 21.8 Å².